The summed E-state index contributed by atoms with van der Waals surface area (Å²) in [6, 6.07) is -0.742. The molecule has 2 aliphatic heterocycles. The fourth-order valence-corrected chi connectivity index (χ4v) is 8.43. The van der Waals surface area contributed by atoms with Crippen LogP contribution in [0.4, 0.5) is 4.79 Å². The van der Waals surface area contributed by atoms with E-state index in [1.165, 1.54) is 6.08 Å². The molecule has 9 nitrogen and oxygen atoms in total. The average molecular weight is 591 g/mol. The lowest BCUT2D eigenvalue weighted by molar-refractivity contribution is -0.177. The van der Waals surface area contributed by atoms with Crippen LogP contribution in [0.25, 0.3) is 0 Å². The zero-order chi connectivity index (χ0) is 30.0. The van der Waals surface area contributed by atoms with Crippen LogP contribution in [-0.4, -0.2) is 89.9 Å². The summed E-state index contributed by atoms with van der Waals surface area (Å²) < 4.78 is 11.7. The van der Waals surface area contributed by atoms with Crippen molar-refractivity contribution in [2.24, 2.45) is 11.8 Å². The third kappa shape index (κ3) is 6.54. The van der Waals surface area contributed by atoms with Gasteiger partial charge in [-0.15, -0.1) is 17.5 Å². The highest BCUT2D eigenvalue weighted by Crippen LogP contribution is 2.46. The van der Waals surface area contributed by atoms with E-state index in [4.69, 9.17) is 9.16 Å². The van der Waals surface area contributed by atoms with Crippen LogP contribution in [0.5, 0.6) is 0 Å². The molecule has 0 spiro atoms. The van der Waals surface area contributed by atoms with Gasteiger partial charge in [0, 0.05) is 30.3 Å². The van der Waals surface area contributed by atoms with Gasteiger partial charge in [0.05, 0.1) is 23.3 Å². The second-order valence-corrected chi connectivity index (χ2v) is 18.5. The molecule has 3 amide bonds. The number of rotatable bonds is 10. The molecule has 1 saturated carbocycles. The molecule has 40 heavy (non-hydrogen) atoms. The van der Waals surface area contributed by atoms with Crippen LogP contribution >= 0.6 is 11.8 Å². The Balaban J connectivity index is 1.77. The molecule has 0 aromatic heterocycles. The van der Waals surface area contributed by atoms with Crippen LogP contribution in [0.2, 0.25) is 18.1 Å². The molecule has 0 bridgehead atoms. The zero-order valence-electron chi connectivity index (χ0n) is 24.4. The fraction of sp³-hybridized carbons (Fsp3) is 0.655. The van der Waals surface area contributed by atoms with Crippen molar-refractivity contribution in [1.29, 1.82) is 0 Å². The number of likely N-dealkylation sites (tertiary alicyclic amines) is 2. The lowest BCUT2D eigenvalue weighted by atomic mass is 9.74. The molecule has 0 unspecified atom stereocenters. The molecule has 1 aliphatic carbocycles. The van der Waals surface area contributed by atoms with Gasteiger partial charge in [-0.05, 0) is 44.3 Å². The summed E-state index contributed by atoms with van der Waals surface area (Å²) >= 11 is 1.55. The Labute approximate surface area is 242 Å². The van der Waals surface area contributed by atoms with E-state index < -0.39 is 56.0 Å². The molecule has 3 fully saturated rings. The van der Waals surface area contributed by atoms with Crippen molar-refractivity contribution in [2.75, 3.05) is 19.7 Å². The number of hydrogen-bond donors (Lipinski definition) is 0. The van der Waals surface area contributed by atoms with E-state index in [-0.39, 0.29) is 27.9 Å². The Bertz CT molecular complexity index is 1110. The lowest BCUT2D eigenvalue weighted by Gasteiger charge is -2.51. The maximum Gasteiger partial charge on any atom is 0.410 e. The van der Waals surface area contributed by atoms with Crippen molar-refractivity contribution < 1.29 is 33.1 Å². The number of imide groups is 1. The summed E-state index contributed by atoms with van der Waals surface area (Å²) in [4.78, 5) is 67.3. The summed E-state index contributed by atoms with van der Waals surface area (Å²) in [5.74, 6) is -3.64. The van der Waals surface area contributed by atoms with Crippen LogP contribution in [0.3, 0.4) is 0 Å². The first-order valence-electron chi connectivity index (χ1n) is 13.8. The molecule has 220 valence electrons. The predicted octanol–water partition coefficient (Wildman–Crippen LogP) is 4.14. The molecular formula is C29H42N2O7SSi. The van der Waals surface area contributed by atoms with E-state index in [1.54, 1.807) is 16.7 Å². The van der Waals surface area contributed by atoms with Gasteiger partial charge in [-0.3, -0.25) is 24.1 Å². The minimum Gasteiger partial charge on any atom is -0.445 e. The predicted molar refractivity (Wildman–Crippen MR) is 156 cm³/mol. The molecule has 0 aromatic rings. The number of carbonyl (C=O) groups is 5. The average Bonchev–Trinajstić information content (AvgIpc) is 3.47. The van der Waals surface area contributed by atoms with Gasteiger partial charge < -0.3 is 14.1 Å². The molecule has 2 saturated heterocycles. The van der Waals surface area contributed by atoms with E-state index in [2.05, 4.69) is 52.8 Å². The standard InChI is InChI=1S/C29H42N2O7SSi/c1-9-11-21(32)26(34)31-24(23(27(31)35)18(3)38-40(7,8)29(4,5)6)20-12-13-22(25(20)33)39-19-14-15-30(17-19)28(36)37-16-10-2/h10-11,18-20,22-24H,1-2,12-17H2,3-8H3/t18-,19+,20+,22+,23-,24-/m1/s1. The number of β-lactam (4-membered cyclic amide) rings is 1. The second kappa shape index (κ2) is 12.6. The summed E-state index contributed by atoms with van der Waals surface area (Å²) in [6.07, 6.45) is 3.38. The maximum atomic E-state index is 13.7. The monoisotopic (exact) mass is 590 g/mol. The molecule has 11 heteroatoms. The summed E-state index contributed by atoms with van der Waals surface area (Å²) in [5, 5.41) is -0.323. The zero-order valence-corrected chi connectivity index (χ0v) is 26.3. The Kier molecular flexibility index (Phi) is 10.1. The molecule has 2 heterocycles. The van der Waals surface area contributed by atoms with Gasteiger partial charge in [0.15, 0.2) is 14.1 Å². The normalized spacial score (nSPS) is 27.6. The lowest BCUT2D eigenvalue weighted by Crippen LogP contribution is -2.71. The summed E-state index contributed by atoms with van der Waals surface area (Å²) in [7, 11) is -2.26. The smallest absolute Gasteiger partial charge is 0.410 e. The van der Waals surface area contributed by atoms with Crippen molar-refractivity contribution >= 4 is 49.6 Å². The highest BCUT2D eigenvalue weighted by Gasteiger charge is 2.61. The molecule has 6 atom stereocenters. The first kappa shape index (κ1) is 32.1. The van der Waals surface area contributed by atoms with Gasteiger partial charge >= 0.3 is 12.0 Å². The molecule has 3 aliphatic rings. The van der Waals surface area contributed by atoms with Gasteiger partial charge in [-0.25, -0.2) is 4.79 Å². The third-order valence-electron chi connectivity index (χ3n) is 8.56. The van der Waals surface area contributed by atoms with Crippen LogP contribution in [-0.2, 0) is 28.3 Å². The quantitative estimate of drug-likeness (QED) is 0.0933. The first-order chi connectivity index (χ1) is 18.6. The van der Waals surface area contributed by atoms with Crippen molar-refractivity contribution in [3.63, 3.8) is 0 Å². The van der Waals surface area contributed by atoms with E-state index >= 15 is 0 Å². The molecule has 0 aromatic carbocycles. The summed E-state index contributed by atoms with van der Waals surface area (Å²) in [5.41, 5.74) is 2.30. The molecular weight excluding hydrogens is 548 g/mol. The minimum absolute atomic E-state index is 0.0239. The van der Waals surface area contributed by atoms with Crippen molar-refractivity contribution in [3.8, 4) is 0 Å². The highest BCUT2D eigenvalue weighted by atomic mass is 32.2. The van der Waals surface area contributed by atoms with E-state index in [0.717, 1.165) is 17.4 Å². The number of carbonyl (C=O) groups excluding carboxylic acids is 5. The van der Waals surface area contributed by atoms with Crippen molar-refractivity contribution in [3.05, 3.63) is 31.0 Å². The Morgan fingerprint density at radius 1 is 1.20 bits per heavy atom. The Morgan fingerprint density at radius 2 is 1.88 bits per heavy atom. The number of amides is 3. The van der Waals surface area contributed by atoms with Gasteiger partial charge in [0.2, 0.25) is 5.91 Å². The number of Topliss-reactive ketones (excluding diaryl/α,β-unsaturated/α-hetero) is 1. The topological polar surface area (TPSA) is 110 Å². The highest BCUT2D eigenvalue weighted by molar-refractivity contribution is 8.01. The van der Waals surface area contributed by atoms with Gasteiger partial charge in [-0.2, -0.15) is 0 Å². The molecule has 0 N–H and O–H groups in total. The van der Waals surface area contributed by atoms with E-state index in [1.807, 2.05) is 6.92 Å². The number of thioether (sulfide) groups is 1. The molecule has 0 radical (unpaired) electrons. The number of ether oxygens (including phenoxy) is 1. The van der Waals surface area contributed by atoms with Gasteiger partial charge in [-0.1, -0.05) is 40.0 Å². The first-order valence-corrected chi connectivity index (χ1v) is 17.7. The summed E-state index contributed by atoms with van der Waals surface area (Å²) in [6.45, 7) is 20.4. The maximum absolute atomic E-state index is 13.7. The number of ketones is 2. The van der Waals surface area contributed by atoms with Gasteiger partial charge in [0.25, 0.3) is 5.78 Å². The third-order valence-corrected chi connectivity index (χ3v) is 14.7. The van der Waals surface area contributed by atoms with Gasteiger partial charge in [0.1, 0.15) is 6.61 Å². The van der Waals surface area contributed by atoms with Crippen LogP contribution in [0.15, 0.2) is 31.0 Å². The second-order valence-electron chi connectivity index (χ2n) is 12.3. The van der Waals surface area contributed by atoms with Crippen LogP contribution in [0, 0.1) is 11.8 Å². The number of hydrogen-bond acceptors (Lipinski definition) is 8. The fourth-order valence-electron chi connectivity index (χ4n) is 5.45. The largest absolute Gasteiger partial charge is 0.445 e. The SMILES string of the molecule is C=C=CC(=O)C(=O)N1C(=O)[C@H]([C@@H](C)O[Si](C)(C)C(C)(C)C)[C@H]1[C@@H]1CC[C@H](S[C@H]2CCN(C(=O)OCC=C)C2)C1=O. The van der Waals surface area contributed by atoms with E-state index in [0.29, 0.717) is 25.9 Å². The number of nitrogens with zero attached hydrogens (tertiary/aromatic N) is 2. The Hall–Kier alpha value is -2.46. The van der Waals surface area contributed by atoms with Crippen LogP contribution in [0.1, 0.15) is 47.0 Å². The Morgan fingerprint density at radius 3 is 2.48 bits per heavy atom. The van der Waals surface area contributed by atoms with Crippen LogP contribution < -0.4 is 0 Å². The van der Waals surface area contributed by atoms with E-state index in [9.17, 15) is 24.0 Å². The molecule has 3 rings (SSSR count). The minimum atomic E-state index is -2.26. The van der Waals surface area contributed by atoms with Crippen molar-refractivity contribution in [1.82, 2.24) is 9.80 Å². The van der Waals surface area contributed by atoms with Crippen molar-refractivity contribution in [2.45, 2.75) is 87.7 Å².